The Hall–Kier alpha value is -2.63. The molecular weight excluding hydrogens is 247 g/mol. The second-order valence-electron chi connectivity index (χ2n) is 3.87. The third-order valence-corrected chi connectivity index (χ3v) is 2.64. The fraction of sp³-hybridized carbons (Fsp3) is 0.0769. The minimum atomic E-state index is -0.441. The minimum Gasteiger partial charge on any atom is -0.433 e. The van der Waals surface area contributed by atoms with Crippen LogP contribution in [-0.2, 0) is 0 Å². The van der Waals surface area contributed by atoms with Crippen molar-refractivity contribution in [1.29, 1.82) is 0 Å². The van der Waals surface area contributed by atoms with Crippen LogP contribution in [0, 0.1) is 5.82 Å². The monoisotopic (exact) mass is 258 g/mol. The highest BCUT2D eigenvalue weighted by Gasteiger charge is 2.11. The van der Waals surface area contributed by atoms with E-state index in [4.69, 9.17) is 4.74 Å². The van der Waals surface area contributed by atoms with Gasteiger partial charge in [-0.15, -0.1) is 0 Å². The van der Waals surface area contributed by atoms with E-state index in [1.54, 1.807) is 48.2 Å². The summed E-state index contributed by atoms with van der Waals surface area (Å²) in [7, 11) is 1.75. The van der Waals surface area contributed by atoms with Crippen molar-refractivity contribution < 1.29 is 9.13 Å². The van der Waals surface area contributed by atoms with E-state index in [1.807, 2.05) is 0 Å². The number of fused-ring (bicyclic) bond motifs is 1. The number of ether oxygens (including phenoxy) is 1. The van der Waals surface area contributed by atoms with Gasteiger partial charge in [-0.05, 0) is 12.1 Å². The summed E-state index contributed by atoms with van der Waals surface area (Å²) in [5.41, 5.74) is 0.530. The molecule has 1 N–H and O–H groups in total. The maximum absolute atomic E-state index is 13.6. The molecule has 19 heavy (non-hydrogen) atoms. The number of imidazole rings is 1. The number of rotatable bonds is 3. The van der Waals surface area contributed by atoms with Gasteiger partial charge in [0.05, 0.1) is 6.20 Å². The van der Waals surface area contributed by atoms with Crippen LogP contribution in [0.1, 0.15) is 0 Å². The van der Waals surface area contributed by atoms with E-state index in [0.29, 0.717) is 11.5 Å². The smallest absolute Gasteiger partial charge is 0.265 e. The van der Waals surface area contributed by atoms with E-state index in [1.165, 1.54) is 6.07 Å². The quantitative estimate of drug-likeness (QED) is 0.784. The Morgan fingerprint density at radius 3 is 2.95 bits per heavy atom. The Balaban J connectivity index is 2.09. The molecule has 0 aliphatic rings. The van der Waals surface area contributed by atoms with Crippen molar-refractivity contribution in [3.8, 4) is 11.6 Å². The van der Waals surface area contributed by atoms with Gasteiger partial charge in [-0.2, -0.15) is 4.98 Å². The third kappa shape index (κ3) is 2.08. The normalized spacial score (nSPS) is 10.6. The third-order valence-electron chi connectivity index (χ3n) is 2.64. The number of hydrogen-bond donors (Lipinski definition) is 1. The molecule has 0 bridgehead atoms. The van der Waals surface area contributed by atoms with E-state index < -0.39 is 5.82 Å². The molecule has 96 valence electrons. The molecule has 0 fully saturated rings. The first-order chi connectivity index (χ1) is 9.28. The molecule has 5 nitrogen and oxygen atoms in total. The van der Waals surface area contributed by atoms with Crippen LogP contribution in [0.15, 0.2) is 42.9 Å². The summed E-state index contributed by atoms with van der Waals surface area (Å²) >= 11 is 0. The maximum atomic E-state index is 13.6. The average molecular weight is 258 g/mol. The van der Waals surface area contributed by atoms with Crippen LogP contribution in [-0.4, -0.2) is 21.4 Å². The second kappa shape index (κ2) is 4.56. The maximum Gasteiger partial charge on any atom is 0.265 e. The topological polar surface area (TPSA) is 51.5 Å². The lowest BCUT2D eigenvalue weighted by Gasteiger charge is -2.08. The number of benzene rings is 1. The summed E-state index contributed by atoms with van der Waals surface area (Å²) in [4.78, 5) is 8.39. The van der Waals surface area contributed by atoms with Gasteiger partial charge in [0.15, 0.2) is 11.6 Å². The largest absolute Gasteiger partial charge is 0.433 e. The first-order valence-electron chi connectivity index (χ1n) is 5.72. The molecule has 0 spiro atoms. The molecule has 0 saturated carbocycles. The Morgan fingerprint density at radius 1 is 1.32 bits per heavy atom. The van der Waals surface area contributed by atoms with Gasteiger partial charge in [0.1, 0.15) is 5.82 Å². The van der Waals surface area contributed by atoms with E-state index >= 15 is 0 Å². The van der Waals surface area contributed by atoms with Crippen molar-refractivity contribution in [2.75, 3.05) is 12.4 Å². The van der Waals surface area contributed by atoms with Crippen molar-refractivity contribution in [2.24, 2.45) is 0 Å². The average Bonchev–Trinajstić information content (AvgIpc) is 2.89. The first-order valence-corrected chi connectivity index (χ1v) is 5.72. The fourth-order valence-corrected chi connectivity index (χ4v) is 1.72. The predicted octanol–water partition coefficient (Wildman–Crippen LogP) is 2.70. The van der Waals surface area contributed by atoms with Crippen LogP contribution in [0.3, 0.4) is 0 Å². The highest BCUT2D eigenvalue weighted by molar-refractivity contribution is 5.54. The Kier molecular flexibility index (Phi) is 2.75. The molecule has 2 aromatic heterocycles. The lowest BCUT2D eigenvalue weighted by molar-refractivity contribution is 0.430. The first kappa shape index (κ1) is 11.5. The number of nitrogens with one attached hydrogen (secondary N) is 1. The highest BCUT2D eigenvalue weighted by Crippen LogP contribution is 2.26. The molecule has 0 aliphatic carbocycles. The molecule has 2 heterocycles. The number of para-hydroxylation sites is 1. The van der Waals surface area contributed by atoms with Gasteiger partial charge in [0.25, 0.3) is 5.88 Å². The molecule has 0 radical (unpaired) electrons. The molecule has 0 aliphatic heterocycles. The second-order valence-corrected chi connectivity index (χ2v) is 3.87. The van der Waals surface area contributed by atoms with Gasteiger partial charge in [0.2, 0.25) is 5.65 Å². The zero-order chi connectivity index (χ0) is 13.2. The van der Waals surface area contributed by atoms with Gasteiger partial charge in [0, 0.05) is 19.4 Å². The molecule has 6 heteroatoms. The van der Waals surface area contributed by atoms with Crippen molar-refractivity contribution in [2.45, 2.75) is 0 Å². The van der Waals surface area contributed by atoms with Crippen molar-refractivity contribution in [3.63, 3.8) is 0 Å². The summed E-state index contributed by atoms with van der Waals surface area (Å²) in [5.74, 6) is 0.538. The zero-order valence-corrected chi connectivity index (χ0v) is 10.2. The molecule has 3 aromatic rings. The summed E-state index contributed by atoms with van der Waals surface area (Å²) < 4.78 is 20.9. The predicted molar refractivity (Wildman–Crippen MR) is 69.0 cm³/mol. The molecule has 1 aromatic carbocycles. The van der Waals surface area contributed by atoms with Crippen molar-refractivity contribution >= 4 is 11.5 Å². The number of hydrogen-bond acceptors (Lipinski definition) is 4. The van der Waals surface area contributed by atoms with Gasteiger partial charge in [-0.25, -0.2) is 9.37 Å². The lowest BCUT2D eigenvalue weighted by atomic mass is 10.3. The Morgan fingerprint density at radius 2 is 2.16 bits per heavy atom. The van der Waals surface area contributed by atoms with E-state index in [9.17, 15) is 4.39 Å². The van der Waals surface area contributed by atoms with Crippen LogP contribution >= 0.6 is 0 Å². The van der Waals surface area contributed by atoms with E-state index in [0.717, 1.165) is 0 Å². The molecule has 0 amide bonds. The molecule has 3 rings (SSSR count). The summed E-state index contributed by atoms with van der Waals surface area (Å²) in [6, 6.07) is 6.18. The zero-order valence-electron chi connectivity index (χ0n) is 10.2. The van der Waals surface area contributed by atoms with E-state index in [2.05, 4.69) is 15.3 Å². The number of halogens is 1. The van der Waals surface area contributed by atoms with Gasteiger partial charge >= 0.3 is 0 Å². The Bertz CT molecular complexity index is 725. The van der Waals surface area contributed by atoms with E-state index in [-0.39, 0.29) is 11.6 Å². The number of aromatic nitrogens is 3. The van der Waals surface area contributed by atoms with Gasteiger partial charge in [-0.3, -0.25) is 4.40 Å². The molecule has 0 atom stereocenters. The fourth-order valence-electron chi connectivity index (χ4n) is 1.72. The van der Waals surface area contributed by atoms with Crippen molar-refractivity contribution in [1.82, 2.24) is 14.4 Å². The van der Waals surface area contributed by atoms with Crippen molar-refractivity contribution in [3.05, 3.63) is 48.7 Å². The molecule has 0 saturated heterocycles. The standard InChI is InChI=1S/C13H11FN4O/c1-15-11-8-18-7-6-16-12(18)13(17-11)19-10-5-3-2-4-9(10)14/h2-8,15H,1H3. The summed E-state index contributed by atoms with van der Waals surface area (Å²) in [5, 5.41) is 2.92. The van der Waals surface area contributed by atoms with Crippen LogP contribution in [0.4, 0.5) is 10.2 Å². The highest BCUT2D eigenvalue weighted by atomic mass is 19.1. The van der Waals surface area contributed by atoms with Gasteiger partial charge in [-0.1, -0.05) is 12.1 Å². The summed E-state index contributed by atoms with van der Waals surface area (Å²) in [6.45, 7) is 0. The number of nitrogens with zero attached hydrogens (tertiary/aromatic N) is 3. The Labute approximate surface area is 108 Å². The minimum absolute atomic E-state index is 0.119. The van der Waals surface area contributed by atoms with Gasteiger partial charge < -0.3 is 10.1 Å². The van der Waals surface area contributed by atoms with Crippen LogP contribution < -0.4 is 10.1 Å². The summed E-state index contributed by atoms with van der Waals surface area (Å²) in [6.07, 6.45) is 5.17. The molecule has 0 unspecified atom stereocenters. The lowest BCUT2D eigenvalue weighted by Crippen LogP contribution is -2.00. The molecular formula is C13H11FN4O. The van der Waals surface area contributed by atoms with Crippen LogP contribution in [0.25, 0.3) is 5.65 Å². The van der Waals surface area contributed by atoms with Crippen LogP contribution in [0.2, 0.25) is 0 Å². The number of anilines is 1. The SMILES string of the molecule is CNc1cn2ccnc2c(Oc2ccccc2F)n1. The van der Waals surface area contributed by atoms with Crippen LogP contribution in [0.5, 0.6) is 11.6 Å².